The SMILES string of the molecule is C=C(Cl)[C@@H](O)[C@@H](NS(=O)(=O)c1ccccc1)[C@@H](C)CC. The lowest BCUT2D eigenvalue weighted by Crippen LogP contribution is -2.47. The number of aliphatic hydroxyl groups is 1. The maximum Gasteiger partial charge on any atom is 0.240 e. The molecule has 0 fully saturated rings. The molecule has 0 bridgehead atoms. The van der Waals surface area contributed by atoms with Crippen LogP contribution < -0.4 is 4.72 Å². The molecule has 0 heterocycles. The van der Waals surface area contributed by atoms with Gasteiger partial charge >= 0.3 is 0 Å². The van der Waals surface area contributed by atoms with Crippen LogP contribution in [0.3, 0.4) is 0 Å². The summed E-state index contributed by atoms with van der Waals surface area (Å²) < 4.78 is 27.1. The quantitative estimate of drug-likeness (QED) is 0.812. The lowest BCUT2D eigenvalue weighted by atomic mass is 9.95. The summed E-state index contributed by atoms with van der Waals surface area (Å²) in [6.45, 7) is 7.24. The van der Waals surface area contributed by atoms with E-state index in [9.17, 15) is 13.5 Å². The minimum absolute atomic E-state index is 0.0195. The van der Waals surface area contributed by atoms with Gasteiger partial charge in [0.25, 0.3) is 0 Å². The average Bonchev–Trinajstić information content (AvgIpc) is 2.44. The lowest BCUT2D eigenvalue weighted by Gasteiger charge is -2.28. The summed E-state index contributed by atoms with van der Waals surface area (Å²) in [5.74, 6) is -0.0843. The maximum absolute atomic E-state index is 12.3. The summed E-state index contributed by atoms with van der Waals surface area (Å²) in [6.07, 6.45) is -0.437. The molecular formula is C14H20ClNO3S. The molecule has 0 saturated heterocycles. The van der Waals surface area contributed by atoms with Gasteiger partial charge in [0.2, 0.25) is 10.0 Å². The fourth-order valence-corrected chi connectivity index (χ4v) is 3.29. The number of benzene rings is 1. The van der Waals surface area contributed by atoms with Crippen molar-refractivity contribution in [3.63, 3.8) is 0 Å². The highest BCUT2D eigenvalue weighted by Gasteiger charge is 2.30. The number of hydrogen-bond donors (Lipinski definition) is 2. The van der Waals surface area contributed by atoms with Crippen LogP contribution >= 0.6 is 11.6 Å². The van der Waals surface area contributed by atoms with E-state index in [1.54, 1.807) is 18.2 Å². The second-order valence-corrected chi connectivity index (χ2v) is 6.94. The zero-order valence-corrected chi connectivity index (χ0v) is 13.2. The van der Waals surface area contributed by atoms with E-state index in [2.05, 4.69) is 11.3 Å². The van der Waals surface area contributed by atoms with Gasteiger partial charge in [-0.25, -0.2) is 13.1 Å². The topological polar surface area (TPSA) is 66.4 Å². The molecule has 0 aliphatic heterocycles. The van der Waals surface area contributed by atoms with Crippen LogP contribution in [0.1, 0.15) is 20.3 Å². The Labute approximate surface area is 125 Å². The second kappa shape index (κ2) is 7.22. The lowest BCUT2D eigenvalue weighted by molar-refractivity contribution is 0.149. The summed E-state index contributed by atoms with van der Waals surface area (Å²) in [6, 6.07) is 7.30. The van der Waals surface area contributed by atoms with E-state index in [1.807, 2.05) is 13.8 Å². The van der Waals surface area contributed by atoms with Crippen molar-refractivity contribution in [3.05, 3.63) is 41.9 Å². The van der Waals surface area contributed by atoms with Gasteiger partial charge in [0.1, 0.15) is 6.10 Å². The molecule has 112 valence electrons. The molecule has 0 aliphatic rings. The van der Waals surface area contributed by atoms with E-state index in [4.69, 9.17) is 11.6 Å². The van der Waals surface area contributed by atoms with Gasteiger partial charge in [-0.2, -0.15) is 0 Å². The van der Waals surface area contributed by atoms with Crippen molar-refractivity contribution in [2.24, 2.45) is 5.92 Å². The third kappa shape index (κ3) is 4.31. The molecule has 1 rings (SSSR count). The monoisotopic (exact) mass is 317 g/mol. The third-order valence-corrected chi connectivity index (χ3v) is 4.96. The first kappa shape index (κ1) is 17.2. The van der Waals surface area contributed by atoms with Crippen molar-refractivity contribution in [2.75, 3.05) is 0 Å². The van der Waals surface area contributed by atoms with E-state index in [0.717, 1.165) is 0 Å². The number of aliphatic hydroxyl groups excluding tert-OH is 1. The minimum atomic E-state index is -3.70. The fraction of sp³-hybridized carbons (Fsp3) is 0.429. The molecule has 20 heavy (non-hydrogen) atoms. The molecule has 0 unspecified atom stereocenters. The Bertz CT molecular complexity index is 545. The fourth-order valence-electron chi connectivity index (χ4n) is 1.79. The van der Waals surface area contributed by atoms with Crippen molar-refractivity contribution in [2.45, 2.75) is 37.3 Å². The van der Waals surface area contributed by atoms with E-state index >= 15 is 0 Å². The van der Waals surface area contributed by atoms with Crippen LogP contribution in [0.25, 0.3) is 0 Å². The smallest absolute Gasteiger partial charge is 0.240 e. The summed E-state index contributed by atoms with van der Waals surface area (Å²) >= 11 is 5.72. The molecule has 3 atom stereocenters. The van der Waals surface area contributed by atoms with Crippen molar-refractivity contribution in [1.29, 1.82) is 0 Å². The van der Waals surface area contributed by atoms with Crippen molar-refractivity contribution < 1.29 is 13.5 Å². The molecule has 1 aromatic carbocycles. The zero-order valence-electron chi connectivity index (χ0n) is 11.6. The predicted octanol–water partition coefficient (Wildman–Crippen LogP) is 2.49. The summed E-state index contributed by atoms with van der Waals surface area (Å²) in [7, 11) is -3.70. The van der Waals surface area contributed by atoms with Gasteiger partial charge in [-0.05, 0) is 18.1 Å². The Morgan fingerprint density at radius 1 is 1.40 bits per heavy atom. The molecule has 0 aliphatic carbocycles. The number of halogens is 1. The molecule has 0 radical (unpaired) electrons. The van der Waals surface area contributed by atoms with Gasteiger partial charge in [0.15, 0.2) is 0 Å². The Morgan fingerprint density at radius 2 is 1.95 bits per heavy atom. The highest BCUT2D eigenvalue weighted by molar-refractivity contribution is 7.89. The molecule has 0 spiro atoms. The first-order chi connectivity index (χ1) is 9.29. The standard InChI is InChI=1S/C14H20ClNO3S/c1-4-10(2)13(14(17)11(3)15)16-20(18,19)12-8-6-5-7-9-12/h5-10,13-14,16-17H,3-4H2,1-2H3/t10-,13-,14+/m0/s1. The zero-order chi connectivity index (χ0) is 15.3. The van der Waals surface area contributed by atoms with E-state index in [-0.39, 0.29) is 15.8 Å². The largest absolute Gasteiger partial charge is 0.386 e. The van der Waals surface area contributed by atoms with Crippen LogP contribution in [0.15, 0.2) is 46.8 Å². The number of hydrogen-bond acceptors (Lipinski definition) is 3. The molecule has 6 heteroatoms. The third-order valence-electron chi connectivity index (χ3n) is 3.26. The summed E-state index contributed by atoms with van der Waals surface area (Å²) in [4.78, 5) is 0.153. The van der Waals surface area contributed by atoms with Crippen LogP contribution in [0.2, 0.25) is 0 Å². The predicted molar refractivity (Wildman–Crippen MR) is 81.0 cm³/mol. The number of sulfonamides is 1. The van der Waals surface area contributed by atoms with Crippen LogP contribution in [0.5, 0.6) is 0 Å². The van der Waals surface area contributed by atoms with Gasteiger partial charge in [0, 0.05) is 5.03 Å². The first-order valence-electron chi connectivity index (χ1n) is 6.39. The molecule has 0 saturated carbocycles. The molecule has 0 aromatic heterocycles. The first-order valence-corrected chi connectivity index (χ1v) is 8.25. The van der Waals surface area contributed by atoms with Crippen molar-refractivity contribution in [3.8, 4) is 0 Å². The Morgan fingerprint density at radius 3 is 2.40 bits per heavy atom. The van der Waals surface area contributed by atoms with Crippen LogP contribution in [-0.4, -0.2) is 25.7 Å². The normalized spacial score (nSPS) is 16.4. The van der Waals surface area contributed by atoms with Crippen molar-refractivity contribution in [1.82, 2.24) is 4.72 Å². The summed E-state index contributed by atoms with van der Waals surface area (Å²) in [5.41, 5.74) is 0. The van der Waals surface area contributed by atoms with Crippen LogP contribution in [0.4, 0.5) is 0 Å². The Balaban J connectivity index is 3.04. The van der Waals surface area contributed by atoms with Gasteiger partial charge in [-0.3, -0.25) is 0 Å². The van der Waals surface area contributed by atoms with Crippen LogP contribution in [-0.2, 0) is 10.0 Å². The van der Waals surface area contributed by atoms with Gasteiger partial charge < -0.3 is 5.11 Å². The Hall–Kier alpha value is -0.880. The van der Waals surface area contributed by atoms with E-state index < -0.39 is 22.2 Å². The minimum Gasteiger partial charge on any atom is -0.386 e. The van der Waals surface area contributed by atoms with E-state index in [1.165, 1.54) is 12.1 Å². The van der Waals surface area contributed by atoms with Gasteiger partial charge in [-0.15, -0.1) is 0 Å². The second-order valence-electron chi connectivity index (χ2n) is 4.74. The molecule has 2 N–H and O–H groups in total. The van der Waals surface area contributed by atoms with Crippen LogP contribution in [0, 0.1) is 5.92 Å². The number of rotatable bonds is 7. The van der Waals surface area contributed by atoms with Gasteiger partial charge in [0.05, 0.1) is 10.9 Å². The maximum atomic E-state index is 12.3. The molecule has 0 amide bonds. The number of nitrogens with one attached hydrogen (secondary N) is 1. The van der Waals surface area contributed by atoms with Crippen molar-refractivity contribution >= 4 is 21.6 Å². The Kier molecular flexibility index (Phi) is 6.20. The molecule has 1 aromatic rings. The molecule has 4 nitrogen and oxygen atoms in total. The molecular weight excluding hydrogens is 298 g/mol. The average molecular weight is 318 g/mol. The van der Waals surface area contributed by atoms with E-state index in [0.29, 0.717) is 6.42 Å². The summed E-state index contributed by atoms with van der Waals surface area (Å²) in [5, 5.41) is 10.1. The highest BCUT2D eigenvalue weighted by atomic mass is 35.5. The highest BCUT2D eigenvalue weighted by Crippen LogP contribution is 2.20. The van der Waals surface area contributed by atoms with Gasteiger partial charge in [-0.1, -0.05) is 56.6 Å².